The fraction of sp³-hybridized carbons (Fsp3) is 0.462. The van der Waals surface area contributed by atoms with E-state index in [4.69, 9.17) is 0 Å². The van der Waals surface area contributed by atoms with E-state index < -0.39 is 0 Å². The average molecular weight is 262 g/mol. The number of nitrogens with zero attached hydrogens (tertiary/aromatic N) is 2. The lowest BCUT2D eigenvalue weighted by molar-refractivity contribution is 0.242. The van der Waals surface area contributed by atoms with Gasteiger partial charge in [0.1, 0.15) is 5.01 Å². The molecule has 3 heterocycles. The number of hydrogen-bond donors (Lipinski definition) is 2. The molecule has 0 saturated carbocycles. The van der Waals surface area contributed by atoms with Gasteiger partial charge in [-0.2, -0.15) is 0 Å². The number of aromatic nitrogens is 2. The van der Waals surface area contributed by atoms with Gasteiger partial charge in [0.15, 0.2) is 0 Å². The molecule has 1 unspecified atom stereocenters. The number of aryl methyl sites for hydroxylation is 1. The van der Waals surface area contributed by atoms with Crippen molar-refractivity contribution < 1.29 is 0 Å². The molecule has 1 saturated heterocycles. The van der Waals surface area contributed by atoms with Crippen LogP contribution < -0.4 is 5.32 Å². The van der Waals surface area contributed by atoms with Crippen LogP contribution in [0.25, 0.3) is 10.7 Å². The van der Waals surface area contributed by atoms with E-state index in [9.17, 15) is 0 Å². The normalized spacial score (nSPS) is 21.3. The van der Waals surface area contributed by atoms with Crippen molar-refractivity contribution in [2.24, 2.45) is 0 Å². The molecule has 2 aromatic rings. The first-order valence-corrected chi connectivity index (χ1v) is 7.08. The third-order valence-electron chi connectivity index (χ3n) is 3.36. The molecule has 4 nitrogen and oxygen atoms in total. The van der Waals surface area contributed by atoms with Gasteiger partial charge in [-0.15, -0.1) is 11.3 Å². The molecule has 1 atom stereocenters. The van der Waals surface area contributed by atoms with Crippen LogP contribution in [-0.4, -0.2) is 41.5 Å². The summed E-state index contributed by atoms with van der Waals surface area (Å²) in [6.07, 6.45) is 1.94. The maximum absolute atomic E-state index is 4.68. The van der Waals surface area contributed by atoms with Crippen LogP contribution in [0, 0.1) is 6.92 Å². The van der Waals surface area contributed by atoms with Crippen molar-refractivity contribution >= 4 is 11.3 Å². The van der Waals surface area contributed by atoms with Crippen LogP contribution in [0.5, 0.6) is 0 Å². The van der Waals surface area contributed by atoms with E-state index in [1.165, 1.54) is 4.88 Å². The zero-order valence-electron chi connectivity index (χ0n) is 10.7. The Balaban J connectivity index is 1.88. The standard InChI is InChI=1S/C13H18N4S/c1-9-12(11-8-17(2)7-6-15-11)18-13(16-9)10-4-3-5-14-10/h3-5,11,14-15H,6-8H2,1-2H3. The van der Waals surface area contributed by atoms with Crippen LogP contribution in [0.4, 0.5) is 0 Å². The van der Waals surface area contributed by atoms with Crippen LogP contribution in [0.2, 0.25) is 0 Å². The number of thiazole rings is 1. The van der Waals surface area contributed by atoms with E-state index in [1.54, 1.807) is 11.3 Å². The Morgan fingerprint density at radius 2 is 2.39 bits per heavy atom. The van der Waals surface area contributed by atoms with Crippen LogP contribution in [0.3, 0.4) is 0 Å². The largest absolute Gasteiger partial charge is 0.359 e. The average Bonchev–Trinajstić information content (AvgIpc) is 2.97. The summed E-state index contributed by atoms with van der Waals surface area (Å²) in [5, 5.41) is 4.67. The van der Waals surface area contributed by atoms with Crippen LogP contribution >= 0.6 is 11.3 Å². The molecule has 0 bridgehead atoms. The molecule has 1 aliphatic heterocycles. The quantitative estimate of drug-likeness (QED) is 0.870. The number of rotatable bonds is 2. The number of nitrogens with one attached hydrogen (secondary N) is 2. The SMILES string of the molecule is Cc1nc(-c2ccc[nH]2)sc1C1CN(C)CCN1. The monoisotopic (exact) mass is 262 g/mol. The second kappa shape index (κ2) is 4.84. The highest BCUT2D eigenvalue weighted by atomic mass is 32.1. The zero-order valence-corrected chi connectivity index (χ0v) is 11.5. The van der Waals surface area contributed by atoms with Gasteiger partial charge in [0.25, 0.3) is 0 Å². The van der Waals surface area contributed by atoms with Crippen molar-refractivity contribution in [1.29, 1.82) is 0 Å². The number of hydrogen-bond acceptors (Lipinski definition) is 4. The van der Waals surface area contributed by atoms with Gasteiger partial charge in [-0.3, -0.25) is 0 Å². The summed E-state index contributed by atoms with van der Waals surface area (Å²) in [5.41, 5.74) is 2.26. The first kappa shape index (κ1) is 11.9. The third-order valence-corrected chi connectivity index (χ3v) is 4.66. The predicted molar refractivity (Wildman–Crippen MR) is 74.9 cm³/mol. The molecule has 18 heavy (non-hydrogen) atoms. The summed E-state index contributed by atoms with van der Waals surface area (Å²) in [6.45, 7) is 5.34. The highest BCUT2D eigenvalue weighted by Crippen LogP contribution is 2.31. The third kappa shape index (κ3) is 2.21. The molecule has 96 valence electrons. The molecular formula is C13H18N4S. The van der Waals surface area contributed by atoms with Crippen molar-refractivity contribution in [3.8, 4) is 10.7 Å². The van der Waals surface area contributed by atoms with E-state index in [1.807, 2.05) is 12.3 Å². The Hall–Kier alpha value is -1.17. The Labute approximate surface area is 111 Å². The fourth-order valence-electron chi connectivity index (χ4n) is 2.38. The first-order valence-electron chi connectivity index (χ1n) is 6.27. The molecule has 0 amide bonds. The molecule has 0 aromatic carbocycles. The number of likely N-dealkylation sites (N-methyl/N-ethyl adjacent to an activating group) is 1. The van der Waals surface area contributed by atoms with Crippen molar-refractivity contribution in [3.63, 3.8) is 0 Å². The van der Waals surface area contributed by atoms with Crippen molar-refractivity contribution in [2.75, 3.05) is 26.7 Å². The van der Waals surface area contributed by atoms with Crippen molar-refractivity contribution in [2.45, 2.75) is 13.0 Å². The van der Waals surface area contributed by atoms with Gasteiger partial charge in [-0.1, -0.05) is 0 Å². The maximum atomic E-state index is 4.68. The van der Waals surface area contributed by atoms with Gasteiger partial charge in [-0.25, -0.2) is 4.98 Å². The minimum Gasteiger partial charge on any atom is -0.359 e. The Morgan fingerprint density at radius 3 is 3.11 bits per heavy atom. The lowest BCUT2D eigenvalue weighted by atomic mass is 10.1. The van der Waals surface area contributed by atoms with E-state index in [0.29, 0.717) is 6.04 Å². The first-order chi connectivity index (χ1) is 8.74. The lowest BCUT2D eigenvalue weighted by Gasteiger charge is -2.30. The summed E-state index contributed by atoms with van der Waals surface area (Å²) in [7, 11) is 2.18. The Kier molecular flexibility index (Phi) is 3.20. The molecule has 0 radical (unpaired) electrons. The van der Waals surface area contributed by atoms with Gasteiger partial charge in [0.2, 0.25) is 0 Å². The van der Waals surface area contributed by atoms with E-state index in [-0.39, 0.29) is 0 Å². The van der Waals surface area contributed by atoms with Gasteiger partial charge in [-0.05, 0) is 26.1 Å². The number of aromatic amines is 1. The van der Waals surface area contributed by atoms with Crippen molar-refractivity contribution in [1.82, 2.24) is 20.2 Å². The molecule has 3 rings (SSSR count). The van der Waals surface area contributed by atoms with Crippen LogP contribution in [0.1, 0.15) is 16.6 Å². The Morgan fingerprint density at radius 1 is 1.50 bits per heavy atom. The maximum Gasteiger partial charge on any atom is 0.140 e. The van der Waals surface area contributed by atoms with Gasteiger partial charge < -0.3 is 15.2 Å². The summed E-state index contributed by atoms with van der Waals surface area (Å²) < 4.78 is 0. The smallest absolute Gasteiger partial charge is 0.140 e. The summed E-state index contributed by atoms with van der Waals surface area (Å²) in [5.74, 6) is 0. The van der Waals surface area contributed by atoms with Gasteiger partial charge in [0.05, 0.1) is 17.4 Å². The minimum absolute atomic E-state index is 0.421. The zero-order chi connectivity index (χ0) is 12.5. The summed E-state index contributed by atoms with van der Waals surface area (Å²) >= 11 is 1.79. The fourth-order valence-corrected chi connectivity index (χ4v) is 3.50. The second-order valence-electron chi connectivity index (χ2n) is 4.82. The lowest BCUT2D eigenvalue weighted by Crippen LogP contribution is -2.43. The van der Waals surface area contributed by atoms with Crippen LogP contribution in [0.15, 0.2) is 18.3 Å². The Bertz CT molecular complexity index is 517. The van der Waals surface area contributed by atoms with E-state index in [0.717, 1.165) is 36.0 Å². The van der Waals surface area contributed by atoms with Gasteiger partial charge >= 0.3 is 0 Å². The molecule has 0 spiro atoms. The molecule has 1 fully saturated rings. The second-order valence-corrected chi connectivity index (χ2v) is 5.85. The summed E-state index contributed by atoms with van der Waals surface area (Å²) in [4.78, 5) is 11.6. The van der Waals surface area contributed by atoms with Crippen molar-refractivity contribution in [3.05, 3.63) is 28.9 Å². The highest BCUT2D eigenvalue weighted by Gasteiger charge is 2.23. The molecular weight excluding hydrogens is 244 g/mol. The van der Waals surface area contributed by atoms with Crippen LogP contribution in [-0.2, 0) is 0 Å². The molecule has 5 heteroatoms. The molecule has 2 aromatic heterocycles. The molecule has 2 N–H and O–H groups in total. The predicted octanol–water partition coefficient (Wildman–Crippen LogP) is 2.02. The molecule has 0 aliphatic carbocycles. The topological polar surface area (TPSA) is 44.0 Å². The minimum atomic E-state index is 0.421. The number of piperazine rings is 1. The van der Waals surface area contributed by atoms with Gasteiger partial charge in [0, 0.05) is 30.7 Å². The van der Waals surface area contributed by atoms with E-state index in [2.05, 4.69) is 40.2 Å². The highest BCUT2D eigenvalue weighted by molar-refractivity contribution is 7.15. The molecule has 1 aliphatic rings. The summed E-state index contributed by atoms with van der Waals surface area (Å²) in [6, 6.07) is 4.51. The number of H-pyrrole nitrogens is 1. The van der Waals surface area contributed by atoms with E-state index >= 15 is 0 Å².